The summed E-state index contributed by atoms with van der Waals surface area (Å²) in [7, 11) is 1.68. The second-order valence-corrected chi connectivity index (χ2v) is 3.32. The predicted octanol–water partition coefficient (Wildman–Crippen LogP) is 2.15. The van der Waals surface area contributed by atoms with E-state index in [9.17, 15) is 0 Å². The lowest BCUT2D eigenvalue weighted by molar-refractivity contribution is 0.416. The average molecular weight is 202 g/mol. The first-order chi connectivity index (χ1) is 7.35. The minimum Gasteiger partial charge on any atom is -0.496 e. The van der Waals surface area contributed by atoms with Crippen molar-refractivity contribution in [1.82, 2.24) is 4.98 Å². The van der Waals surface area contributed by atoms with E-state index in [1.165, 1.54) is 0 Å². The van der Waals surface area contributed by atoms with E-state index >= 15 is 0 Å². The molecule has 0 saturated heterocycles. The minimum atomic E-state index is 0.523. The van der Waals surface area contributed by atoms with Gasteiger partial charge in [0.15, 0.2) is 0 Å². The number of hydrogen-bond acceptors (Lipinski definition) is 2. The Labute approximate surface area is 88.9 Å². The Kier molecular flexibility index (Phi) is 2.74. The molecule has 1 heterocycles. The van der Waals surface area contributed by atoms with E-state index in [4.69, 9.17) is 10.5 Å². The van der Waals surface area contributed by atoms with Crippen molar-refractivity contribution in [3.05, 3.63) is 42.2 Å². The highest BCUT2D eigenvalue weighted by Crippen LogP contribution is 2.29. The van der Waals surface area contributed by atoms with Crippen LogP contribution in [0, 0.1) is 0 Å². The van der Waals surface area contributed by atoms with Gasteiger partial charge in [0.1, 0.15) is 5.75 Å². The maximum absolute atomic E-state index is 5.55. The molecule has 0 amide bonds. The normalized spacial score (nSPS) is 10.3. The van der Waals surface area contributed by atoms with Gasteiger partial charge in [0, 0.05) is 29.6 Å². The smallest absolute Gasteiger partial charge is 0.126 e. The summed E-state index contributed by atoms with van der Waals surface area (Å²) in [5.74, 6) is 0.875. The highest BCUT2D eigenvalue weighted by molar-refractivity contribution is 5.70. The van der Waals surface area contributed by atoms with Gasteiger partial charge in [-0.2, -0.15) is 0 Å². The summed E-state index contributed by atoms with van der Waals surface area (Å²) in [6, 6.07) is 9.97. The minimum absolute atomic E-state index is 0.523. The number of nitrogens with one attached hydrogen (secondary N) is 1. The molecule has 3 nitrogen and oxygen atoms in total. The molecule has 0 aliphatic rings. The molecule has 0 aliphatic carbocycles. The zero-order valence-corrected chi connectivity index (χ0v) is 8.66. The van der Waals surface area contributed by atoms with Crippen molar-refractivity contribution in [2.45, 2.75) is 6.54 Å². The first-order valence-electron chi connectivity index (χ1n) is 4.86. The molecule has 0 saturated carbocycles. The predicted molar refractivity (Wildman–Crippen MR) is 60.7 cm³/mol. The van der Waals surface area contributed by atoms with Gasteiger partial charge < -0.3 is 15.5 Å². The van der Waals surface area contributed by atoms with E-state index in [2.05, 4.69) is 4.98 Å². The number of aromatic amines is 1. The van der Waals surface area contributed by atoms with Gasteiger partial charge in [-0.25, -0.2) is 0 Å². The molecule has 2 aromatic rings. The van der Waals surface area contributed by atoms with Crippen LogP contribution in [-0.4, -0.2) is 12.1 Å². The highest BCUT2D eigenvalue weighted by Gasteiger charge is 2.05. The number of rotatable bonds is 3. The largest absolute Gasteiger partial charge is 0.496 e. The lowest BCUT2D eigenvalue weighted by Gasteiger charge is -2.05. The molecule has 0 aliphatic heterocycles. The molecular formula is C12H14N2O. The highest BCUT2D eigenvalue weighted by atomic mass is 16.5. The number of para-hydroxylation sites is 1. The van der Waals surface area contributed by atoms with Gasteiger partial charge in [0.2, 0.25) is 0 Å². The van der Waals surface area contributed by atoms with Crippen LogP contribution in [0.5, 0.6) is 5.75 Å². The summed E-state index contributed by atoms with van der Waals surface area (Å²) in [5.41, 5.74) is 8.76. The third-order valence-electron chi connectivity index (χ3n) is 2.38. The summed E-state index contributed by atoms with van der Waals surface area (Å²) in [6.07, 6.45) is 1.94. The second kappa shape index (κ2) is 4.19. The SMILES string of the molecule is COc1ccccc1-c1c[nH]c(CN)c1. The van der Waals surface area contributed by atoms with Crippen molar-refractivity contribution in [3.63, 3.8) is 0 Å². The summed E-state index contributed by atoms with van der Waals surface area (Å²) in [6.45, 7) is 0.523. The molecule has 3 heteroatoms. The van der Waals surface area contributed by atoms with E-state index in [0.29, 0.717) is 6.54 Å². The Hall–Kier alpha value is -1.74. The molecule has 1 aromatic carbocycles. The van der Waals surface area contributed by atoms with Crippen molar-refractivity contribution in [1.29, 1.82) is 0 Å². The zero-order chi connectivity index (χ0) is 10.7. The molecule has 2 rings (SSSR count). The molecule has 15 heavy (non-hydrogen) atoms. The number of H-pyrrole nitrogens is 1. The van der Waals surface area contributed by atoms with Gasteiger partial charge in [-0.15, -0.1) is 0 Å². The monoisotopic (exact) mass is 202 g/mol. The molecule has 0 spiro atoms. The van der Waals surface area contributed by atoms with E-state index in [-0.39, 0.29) is 0 Å². The van der Waals surface area contributed by atoms with Crippen LogP contribution in [-0.2, 0) is 6.54 Å². The molecule has 78 valence electrons. The maximum Gasteiger partial charge on any atom is 0.126 e. The van der Waals surface area contributed by atoms with Gasteiger partial charge in [0.25, 0.3) is 0 Å². The lowest BCUT2D eigenvalue weighted by Crippen LogP contribution is -1.94. The van der Waals surface area contributed by atoms with Crippen molar-refractivity contribution < 1.29 is 4.74 Å². The number of nitrogens with two attached hydrogens (primary N) is 1. The Bertz CT molecular complexity index is 448. The standard InChI is InChI=1S/C12H14N2O/c1-15-12-5-3-2-4-11(12)9-6-10(7-13)14-8-9/h2-6,8,14H,7,13H2,1H3. The van der Waals surface area contributed by atoms with Gasteiger partial charge in [-0.3, -0.25) is 0 Å². The van der Waals surface area contributed by atoms with E-state index < -0.39 is 0 Å². The molecule has 3 N–H and O–H groups in total. The Balaban J connectivity index is 2.44. The topological polar surface area (TPSA) is 51.0 Å². The Morgan fingerprint density at radius 3 is 2.80 bits per heavy atom. The fraction of sp³-hybridized carbons (Fsp3) is 0.167. The van der Waals surface area contributed by atoms with Crippen LogP contribution in [0.15, 0.2) is 36.5 Å². The van der Waals surface area contributed by atoms with Crippen LogP contribution in [0.25, 0.3) is 11.1 Å². The molecule has 0 radical (unpaired) electrons. The molecule has 0 bridgehead atoms. The number of benzene rings is 1. The first kappa shape index (κ1) is 9.80. The average Bonchev–Trinajstić information content (AvgIpc) is 2.77. The van der Waals surface area contributed by atoms with Crippen LogP contribution < -0.4 is 10.5 Å². The van der Waals surface area contributed by atoms with Crippen LogP contribution in [0.3, 0.4) is 0 Å². The molecular weight excluding hydrogens is 188 g/mol. The third-order valence-corrected chi connectivity index (χ3v) is 2.38. The molecule has 0 unspecified atom stereocenters. The zero-order valence-electron chi connectivity index (χ0n) is 8.66. The van der Waals surface area contributed by atoms with Crippen LogP contribution >= 0.6 is 0 Å². The molecule has 0 atom stereocenters. The quantitative estimate of drug-likeness (QED) is 0.801. The van der Waals surface area contributed by atoms with Gasteiger partial charge in [0.05, 0.1) is 7.11 Å². The van der Waals surface area contributed by atoms with Gasteiger partial charge >= 0.3 is 0 Å². The second-order valence-electron chi connectivity index (χ2n) is 3.32. The summed E-state index contributed by atoms with van der Waals surface area (Å²) < 4.78 is 5.30. The summed E-state index contributed by atoms with van der Waals surface area (Å²) in [4.78, 5) is 3.12. The number of hydrogen-bond donors (Lipinski definition) is 2. The summed E-state index contributed by atoms with van der Waals surface area (Å²) in [5, 5.41) is 0. The Morgan fingerprint density at radius 1 is 1.33 bits per heavy atom. The van der Waals surface area contributed by atoms with Crippen LogP contribution in [0.1, 0.15) is 5.69 Å². The fourth-order valence-electron chi connectivity index (χ4n) is 1.60. The van der Waals surface area contributed by atoms with E-state index in [0.717, 1.165) is 22.6 Å². The van der Waals surface area contributed by atoms with E-state index in [1.807, 2.05) is 36.5 Å². The fourth-order valence-corrected chi connectivity index (χ4v) is 1.60. The first-order valence-corrected chi connectivity index (χ1v) is 4.86. The Morgan fingerprint density at radius 2 is 2.13 bits per heavy atom. The third kappa shape index (κ3) is 1.87. The van der Waals surface area contributed by atoms with Crippen molar-refractivity contribution >= 4 is 0 Å². The van der Waals surface area contributed by atoms with Crippen LogP contribution in [0.2, 0.25) is 0 Å². The number of aromatic nitrogens is 1. The molecule has 1 aromatic heterocycles. The van der Waals surface area contributed by atoms with E-state index in [1.54, 1.807) is 7.11 Å². The molecule has 0 fully saturated rings. The van der Waals surface area contributed by atoms with Crippen molar-refractivity contribution in [2.24, 2.45) is 5.73 Å². The number of ether oxygens (including phenoxy) is 1. The lowest BCUT2D eigenvalue weighted by atomic mass is 10.1. The van der Waals surface area contributed by atoms with Gasteiger partial charge in [-0.05, 0) is 12.1 Å². The van der Waals surface area contributed by atoms with Crippen LogP contribution in [0.4, 0.5) is 0 Å². The summed E-state index contributed by atoms with van der Waals surface area (Å²) >= 11 is 0. The maximum atomic E-state index is 5.55. The number of methoxy groups -OCH3 is 1. The van der Waals surface area contributed by atoms with Crippen molar-refractivity contribution in [3.8, 4) is 16.9 Å². The van der Waals surface area contributed by atoms with Crippen molar-refractivity contribution in [2.75, 3.05) is 7.11 Å². The van der Waals surface area contributed by atoms with Gasteiger partial charge in [-0.1, -0.05) is 18.2 Å².